The number of nitrogens with one attached hydrogen (secondary N) is 2. The number of carbonyl (C=O) groups excluding carboxylic acids is 2. The van der Waals surface area contributed by atoms with Crippen LogP contribution in [-0.2, 0) is 21.3 Å². The van der Waals surface area contributed by atoms with Gasteiger partial charge in [0.05, 0.1) is 22.4 Å². The molecule has 0 spiro atoms. The maximum Gasteiger partial charge on any atom is 0.266 e. The molecule has 0 saturated heterocycles. The van der Waals surface area contributed by atoms with Crippen LogP contribution in [0.5, 0.6) is 0 Å². The number of anilines is 1. The molecule has 39 heavy (non-hydrogen) atoms. The van der Waals surface area contributed by atoms with E-state index in [1.165, 1.54) is 0 Å². The molecule has 0 saturated carbocycles. The summed E-state index contributed by atoms with van der Waals surface area (Å²) < 4.78 is 30.5. The van der Waals surface area contributed by atoms with Gasteiger partial charge in [-0.3, -0.25) is 14.1 Å². The highest BCUT2D eigenvalue weighted by atomic mass is 35.5. The molecule has 7 nitrogen and oxygen atoms in total. The van der Waals surface area contributed by atoms with Gasteiger partial charge in [-0.1, -0.05) is 93.1 Å². The van der Waals surface area contributed by atoms with Crippen LogP contribution in [0.25, 0.3) is 6.08 Å². The monoisotopic (exact) mass is 568 g/mol. The third-order valence-corrected chi connectivity index (χ3v) is 6.91. The molecular formula is C30H33ClN2O5S. The summed E-state index contributed by atoms with van der Waals surface area (Å²) in [5.74, 6) is -1.77. The minimum atomic E-state index is -4.16. The van der Waals surface area contributed by atoms with Gasteiger partial charge in [0.1, 0.15) is 0 Å². The molecule has 2 amide bonds. The number of amides is 2. The molecule has 3 N–H and O–H groups in total. The van der Waals surface area contributed by atoms with Crippen molar-refractivity contribution in [2.24, 2.45) is 5.41 Å². The first-order valence-electron chi connectivity index (χ1n) is 12.5. The predicted octanol–water partition coefficient (Wildman–Crippen LogP) is 5.98. The van der Waals surface area contributed by atoms with E-state index < -0.39 is 27.7 Å². The summed E-state index contributed by atoms with van der Waals surface area (Å²) >= 11 is 6.27. The Labute approximate surface area is 235 Å². The van der Waals surface area contributed by atoms with Gasteiger partial charge in [0, 0.05) is 12.1 Å². The van der Waals surface area contributed by atoms with Crippen molar-refractivity contribution in [3.05, 3.63) is 106 Å². The summed E-state index contributed by atoms with van der Waals surface area (Å²) in [7, 11) is -4.16. The standard InChI is InChI=1S/C30H33ClN2O5S/c1-30(2,3)17-16-21-8-12-23(13-9-21)25(29(35)33-27-7-5-4-6-26(27)31)20-22-10-14-24(15-11-22)28(34)32-18-19-39(36,37)38/h4-17,25H,18-20H2,1-3H3,(H,32,34)(H,33,35)(H,36,37,38)/b17-16+. The lowest BCUT2D eigenvalue weighted by Gasteiger charge is -2.19. The number of para-hydroxylation sites is 1. The molecule has 0 aliphatic heterocycles. The van der Waals surface area contributed by atoms with Crippen molar-refractivity contribution in [3.63, 3.8) is 0 Å². The molecule has 1 unspecified atom stereocenters. The lowest BCUT2D eigenvalue weighted by Crippen LogP contribution is -2.28. The van der Waals surface area contributed by atoms with Crippen molar-refractivity contribution in [2.45, 2.75) is 33.1 Å². The molecule has 3 aromatic rings. The summed E-state index contributed by atoms with van der Waals surface area (Å²) in [5, 5.41) is 5.83. The second-order valence-corrected chi connectivity index (χ2v) is 12.3. The first-order chi connectivity index (χ1) is 18.3. The molecule has 206 valence electrons. The van der Waals surface area contributed by atoms with Crippen molar-refractivity contribution in [1.29, 1.82) is 0 Å². The Morgan fingerprint density at radius 3 is 2.21 bits per heavy atom. The zero-order chi connectivity index (χ0) is 28.6. The van der Waals surface area contributed by atoms with Crippen LogP contribution in [0.2, 0.25) is 5.02 Å². The fraction of sp³-hybridized carbons (Fsp3) is 0.267. The molecule has 0 aromatic heterocycles. The van der Waals surface area contributed by atoms with E-state index in [-0.39, 0.29) is 17.9 Å². The van der Waals surface area contributed by atoms with E-state index in [2.05, 4.69) is 43.6 Å². The normalized spacial score (nSPS) is 12.7. The molecule has 9 heteroatoms. The van der Waals surface area contributed by atoms with E-state index in [9.17, 15) is 18.0 Å². The largest absolute Gasteiger partial charge is 0.351 e. The summed E-state index contributed by atoms with van der Waals surface area (Å²) in [6.45, 7) is 6.18. The number of hydrogen-bond donors (Lipinski definition) is 3. The van der Waals surface area contributed by atoms with Gasteiger partial charge in [0.15, 0.2) is 0 Å². The van der Waals surface area contributed by atoms with Crippen LogP contribution in [0, 0.1) is 5.41 Å². The molecule has 0 aliphatic rings. The highest BCUT2D eigenvalue weighted by Crippen LogP contribution is 2.27. The van der Waals surface area contributed by atoms with Gasteiger partial charge in [-0.15, -0.1) is 0 Å². The molecule has 1 atom stereocenters. The van der Waals surface area contributed by atoms with Crippen LogP contribution in [0.15, 0.2) is 78.9 Å². The maximum atomic E-state index is 13.5. The van der Waals surface area contributed by atoms with Crippen LogP contribution >= 0.6 is 11.6 Å². The number of hydrogen-bond acceptors (Lipinski definition) is 4. The van der Waals surface area contributed by atoms with Crippen LogP contribution in [0.3, 0.4) is 0 Å². The molecular weight excluding hydrogens is 536 g/mol. The number of rotatable bonds is 10. The molecule has 0 bridgehead atoms. The van der Waals surface area contributed by atoms with E-state index in [1.807, 2.05) is 24.3 Å². The molecule has 0 aliphatic carbocycles. The lowest BCUT2D eigenvalue weighted by molar-refractivity contribution is -0.117. The van der Waals surface area contributed by atoms with E-state index in [0.29, 0.717) is 22.7 Å². The maximum absolute atomic E-state index is 13.5. The zero-order valence-electron chi connectivity index (χ0n) is 22.1. The summed E-state index contributed by atoms with van der Waals surface area (Å²) in [4.78, 5) is 25.8. The number of allylic oxidation sites excluding steroid dienone is 1. The minimum absolute atomic E-state index is 0.0512. The average molecular weight is 569 g/mol. The molecule has 3 aromatic carbocycles. The lowest BCUT2D eigenvalue weighted by atomic mass is 9.89. The van der Waals surface area contributed by atoms with E-state index in [4.69, 9.17) is 16.2 Å². The van der Waals surface area contributed by atoms with Crippen molar-refractivity contribution < 1.29 is 22.6 Å². The first kappa shape index (κ1) is 30.1. The van der Waals surface area contributed by atoms with Gasteiger partial charge < -0.3 is 10.6 Å². The van der Waals surface area contributed by atoms with Gasteiger partial charge in [-0.25, -0.2) is 0 Å². The highest BCUT2D eigenvalue weighted by Gasteiger charge is 2.22. The van der Waals surface area contributed by atoms with Gasteiger partial charge in [0.2, 0.25) is 5.91 Å². The molecule has 0 fully saturated rings. The SMILES string of the molecule is CC(C)(C)/C=C/c1ccc(C(Cc2ccc(C(=O)NCCS(=O)(=O)O)cc2)C(=O)Nc2ccccc2Cl)cc1. The number of halogens is 1. The Kier molecular flexibility index (Phi) is 10.1. The van der Waals surface area contributed by atoms with E-state index in [1.54, 1.807) is 48.5 Å². The van der Waals surface area contributed by atoms with Crippen LogP contribution in [0.4, 0.5) is 5.69 Å². The molecule has 0 radical (unpaired) electrons. The third kappa shape index (κ3) is 9.98. The minimum Gasteiger partial charge on any atom is -0.351 e. The zero-order valence-corrected chi connectivity index (χ0v) is 23.7. The van der Waals surface area contributed by atoms with Crippen LogP contribution < -0.4 is 10.6 Å². The highest BCUT2D eigenvalue weighted by molar-refractivity contribution is 7.85. The fourth-order valence-electron chi connectivity index (χ4n) is 3.75. The Morgan fingerprint density at radius 1 is 0.974 bits per heavy atom. The topological polar surface area (TPSA) is 113 Å². The number of carbonyl (C=O) groups is 2. The van der Waals surface area contributed by atoms with E-state index in [0.717, 1.165) is 16.7 Å². The summed E-state index contributed by atoms with van der Waals surface area (Å²) in [6.07, 6.45) is 4.56. The summed E-state index contributed by atoms with van der Waals surface area (Å²) in [5.41, 5.74) is 3.61. The second-order valence-electron chi connectivity index (χ2n) is 10.3. The number of benzene rings is 3. The van der Waals surface area contributed by atoms with Crippen molar-refractivity contribution in [1.82, 2.24) is 5.32 Å². The predicted molar refractivity (Wildman–Crippen MR) is 157 cm³/mol. The fourth-order valence-corrected chi connectivity index (χ4v) is 4.30. The Balaban J connectivity index is 1.80. The third-order valence-electron chi connectivity index (χ3n) is 5.86. The Morgan fingerprint density at radius 2 is 1.62 bits per heavy atom. The van der Waals surface area contributed by atoms with Gasteiger partial charge in [-0.05, 0) is 52.8 Å². The van der Waals surface area contributed by atoms with Crippen LogP contribution in [0.1, 0.15) is 53.7 Å². The van der Waals surface area contributed by atoms with Crippen LogP contribution in [-0.4, -0.2) is 37.1 Å². The van der Waals surface area contributed by atoms with Gasteiger partial charge >= 0.3 is 0 Å². The summed E-state index contributed by atoms with van der Waals surface area (Å²) in [6, 6.07) is 21.6. The smallest absolute Gasteiger partial charge is 0.266 e. The first-order valence-corrected chi connectivity index (χ1v) is 14.5. The second kappa shape index (κ2) is 13.1. The molecule has 0 heterocycles. The Hall–Kier alpha value is -3.46. The van der Waals surface area contributed by atoms with Gasteiger partial charge in [-0.2, -0.15) is 8.42 Å². The quantitative estimate of drug-likeness (QED) is 0.260. The Bertz CT molecular complexity index is 1430. The van der Waals surface area contributed by atoms with Gasteiger partial charge in [0.25, 0.3) is 16.0 Å². The van der Waals surface area contributed by atoms with Crippen molar-refractivity contribution in [2.75, 3.05) is 17.6 Å². The van der Waals surface area contributed by atoms with E-state index >= 15 is 0 Å². The molecule has 3 rings (SSSR count). The average Bonchev–Trinajstić information content (AvgIpc) is 2.87. The van der Waals surface area contributed by atoms with Crippen molar-refractivity contribution in [3.8, 4) is 0 Å². The van der Waals surface area contributed by atoms with Crippen molar-refractivity contribution >= 4 is 45.3 Å².